The smallest absolute Gasteiger partial charge is 0.236 e. The number of hydrogen-bond acceptors (Lipinski definition) is 4. The van der Waals surface area contributed by atoms with E-state index in [-0.39, 0.29) is 11.9 Å². The lowest BCUT2D eigenvalue weighted by atomic mass is 10.1. The normalized spacial score (nSPS) is 21.4. The van der Waals surface area contributed by atoms with Crippen molar-refractivity contribution in [2.45, 2.75) is 25.8 Å². The molecule has 0 saturated carbocycles. The molecule has 5 heteroatoms. The molecule has 2 atom stereocenters. The van der Waals surface area contributed by atoms with Crippen LogP contribution in [-0.4, -0.2) is 50.3 Å². The van der Waals surface area contributed by atoms with E-state index in [1.54, 1.807) is 7.11 Å². The second kappa shape index (κ2) is 8.78. The van der Waals surface area contributed by atoms with Crippen LogP contribution in [0, 0.1) is 5.92 Å². The van der Waals surface area contributed by atoms with Gasteiger partial charge >= 0.3 is 0 Å². The van der Waals surface area contributed by atoms with Crippen LogP contribution in [-0.2, 0) is 9.53 Å². The second-order valence-electron chi connectivity index (χ2n) is 4.50. The lowest BCUT2D eigenvalue weighted by Gasteiger charge is -2.16. The summed E-state index contributed by atoms with van der Waals surface area (Å²) in [6.07, 6.45) is 2.15. The van der Waals surface area contributed by atoms with Gasteiger partial charge in [-0.25, -0.2) is 0 Å². The van der Waals surface area contributed by atoms with Gasteiger partial charge < -0.3 is 15.4 Å². The van der Waals surface area contributed by atoms with Crippen LogP contribution in [0.3, 0.4) is 0 Å². The van der Waals surface area contributed by atoms with Crippen molar-refractivity contribution in [1.29, 1.82) is 0 Å². The fourth-order valence-electron chi connectivity index (χ4n) is 1.76. The molecule has 0 aromatic rings. The van der Waals surface area contributed by atoms with E-state index in [9.17, 15) is 4.79 Å². The van der Waals surface area contributed by atoms with Crippen LogP contribution in [0.1, 0.15) is 19.8 Å². The molecule has 2 N–H and O–H groups in total. The van der Waals surface area contributed by atoms with Crippen molar-refractivity contribution >= 4 is 17.7 Å². The topological polar surface area (TPSA) is 50.4 Å². The summed E-state index contributed by atoms with van der Waals surface area (Å²) in [6, 6.07) is -0.0943. The van der Waals surface area contributed by atoms with Gasteiger partial charge in [0, 0.05) is 20.3 Å². The summed E-state index contributed by atoms with van der Waals surface area (Å²) in [5.41, 5.74) is 0. The zero-order valence-electron chi connectivity index (χ0n) is 10.8. The Morgan fingerprint density at radius 2 is 2.41 bits per heavy atom. The zero-order valence-corrected chi connectivity index (χ0v) is 11.6. The predicted molar refractivity (Wildman–Crippen MR) is 72.4 cm³/mol. The van der Waals surface area contributed by atoms with Gasteiger partial charge in [-0.05, 0) is 43.7 Å². The van der Waals surface area contributed by atoms with E-state index in [0.29, 0.717) is 13.2 Å². The highest BCUT2D eigenvalue weighted by Crippen LogP contribution is 2.22. The fourth-order valence-corrected chi connectivity index (χ4v) is 3.05. The molecule has 0 spiro atoms. The Labute approximate surface area is 108 Å². The maximum atomic E-state index is 11.7. The summed E-state index contributed by atoms with van der Waals surface area (Å²) in [7, 11) is 1.67. The summed E-state index contributed by atoms with van der Waals surface area (Å²) >= 11 is 2.01. The minimum Gasteiger partial charge on any atom is -0.385 e. The Balaban J connectivity index is 2.04. The first-order valence-corrected chi connectivity index (χ1v) is 7.47. The first-order valence-electron chi connectivity index (χ1n) is 6.31. The second-order valence-corrected chi connectivity index (χ2v) is 5.65. The van der Waals surface area contributed by atoms with Crippen LogP contribution in [0.25, 0.3) is 0 Å². The maximum Gasteiger partial charge on any atom is 0.236 e. The van der Waals surface area contributed by atoms with Crippen molar-refractivity contribution in [2.75, 3.05) is 38.3 Å². The van der Waals surface area contributed by atoms with Gasteiger partial charge in [0.05, 0.1) is 6.04 Å². The molecule has 4 nitrogen and oxygen atoms in total. The number of thioether (sulfide) groups is 1. The molecule has 17 heavy (non-hydrogen) atoms. The average molecular weight is 260 g/mol. The van der Waals surface area contributed by atoms with Crippen LogP contribution in [0.2, 0.25) is 0 Å². The molecule has 1 amide bonds. The van der Waals surface area contributed by atoms with Crippen molar-refractivity contribution in [3.05, 3.63) is 0 Å². The zero-order chi connectivity index (χ0) is 12.5. The molecule has 1 heterocycles. The Morgan fingerprint density at radius 3 is 3.06 bits per heavy atom. The maximum absolute atomic E-state index is 11.7. The third-order valence-corrected chi connectivity index (χ3v) is 4.19. The molecule has 1 fully saturated rings. The van der Waals surface area contributed by atoms with Gasteiger partial charge in [-0.15, -0.1) is 0 Å². The van der Waals surface area contributed by atoms with Crippen LogP contribution in [0.15, 0.2) is 0 Å². The lowest BCUT2D eigenvalue weighted by molar-refractivity contribution is -0.122. The molecule has 0 aliphatic carbocycles. The molecule has 0 radical (unpaired) electrons. The van der Waals surface area contributed by atoms with E-state index < -0.39 is 0 Å². The quantitative estimate of drug-likeness (QED) is 0.636. The van der Waals surface area contributed by atoms with E-state index in [1.807, 2.05) is 18.7 Å². The van der Waals surface area contributed by atoms with E-state index in [0.717, 1.165) is 18.9 Å². The van der Waals surface area contributed by atoms with E-state index in [4.69, 9.17) is 4.74 Å². The third kappa shape index (κ3) is 6.29. The molecule has 0 aromatic carbocycles. The van der Waals surface area contributed by atoms with E-state index >= 15 is 0 Å². The summed E-state index contributed by atoms with van der Waals surface area (Å²) in [5, 5.41) is 6.21. The summed E-state index contributed by atoms with van der Waals surface area (Å²) in [6.45, 7) is 4.27. The number of carbonyl (C=O) groups excluding carboxylic acids is 1. The fraction of sp³-hybridized carbons (Fsp3) is 0.917. The number of ether oxygens (including phenoxy) is 1. The molecular formula is C12H24N2O2S. The number of carbonyl (C=O) groups is 1. The first-order chi connectivity index (χ1) is 8.24. The molecule has 0 bridgehead atoms. The number of hydrogen-bond donors (Lipinski definition) is 2. The van der Waals surface area contributed by atoms with Crippen LogP contribution in [0.5, 0.6) is 0 Å². The monoisotopic (exact) mass is 260 g/mol. The van der Waals surface area contributed by atoms with Crippen molar-refractivity contribution in [2.24, 2.45) is 5.92 Å². The summed E-state index contributed by atoms with van der Waals surface area (Å²) < 4.78 is 4.93. The SMILES string of the molecule is COCCCNC(=O)C(C)NCC1CCSC1. The van der Waals surface area contributed by atoms with Gasteiger partial charge in [0.25, 0.3) is 0 Å². The Hall–Kier alpha value is -0.260. The predicted octanol–water partition coefficient (Wildman–Crippen LogP) is 0.870. The summed E-state index contributed by atoms with van der Waals surface area (Å²) in [4.78, 5) is 11.7. The van der Waals surface area contributed by atoms with Gasteiger partial charge in [0.15, 0.2) is 0 Å². The average Bonchev–Trinajstić information content (AvgIpc) is 2.84. The lowest BCUT2D eigenvalue weighted by Crippen LogP contribution is -2.44. The number of nitrogens with one attached hydrogen (secondary N) is 2. The van der Waals surface area contributed by atoms with Gasteiger partial charge in [-0.1, -0.05) is 0 Å². The van der Waals surface area contributed by atoms with Crippen LogP contribution >= 0.6 is 11.8 Å². The first kappa shape index (κ1) is 14.8. The molecule has 1 aliphatic heterocycles. The van der Waals surface area contributed by atoms with E-state index in [2.05, 4.69) is 10.6 Å². The molecule has 100 valence electrons. The Morgan fingerprint density at radius 1 is 1.59 bits per heavy atom. The Kier molecular flexibility index (Phi) is 7.64. The van der Waals surface area contributed by atoms with Crippen molar-refractivity contribution in [1.82, 2.24) is 10.6 Å². The van der Waals surface area contributed by atoms with Crippen molar-refractivity contribution in [3.8, 4) is 0 Å². The van der Waals surface area contributed by atoms with Crippen LogP contribution in [0.4, 0.5) is 0 Å². The number of amides is 1. The highest BCUT2D eigenvalue weighted by Gasteiger charge is 2.18. The molecule has 2 unspecified atom stereocenters. The van der Waals surface area contributed by atoms with Gasteiger partial charge in [0.1, 0.15) is 0 Å². The molecule has 1 rings (SSSR count). The van der Waals surface area contributed by atoms with E-state index in [1.165, 1.54) is 17.9 Å². The Bertz CT molecular complexity index is 221. The highest BCUT2D eigenvalue weighted by atomic mass is 32.2. The highest BCUT2D eigenvalue weighted by molar-refractivity contribution is 7.99. The largest absolute Gasteiger partial charge is 0.385 e. The molecule has 1 saturated heterocycles. The van der Waals surface area contributed by atoms with Crippen LogP contribution < -0.4 is 10.6 Å². The molecule has 1 aliphatic rings. The minimum atomic E-state index is -0.0943. The van der Waals surface area contributed by atoms with Crippen molar-refractivity contribution < 1.29 is 9.53 Å². The van der Waals surface area contributed by atoms with Gasteiger partial charge in [-0.3, -0.25) is 4.79 Å². The van der Waals surface area contributed by atoms with Gasteiger partial charge in [0.2, 0.25) is 5.91 Å². The molecule has 0 aromatic heterocycles. The third-order valence-electron chi connectivity index (χ3n) is 2.95. The van der Waals surface area contributed by atoms with Crippen molar-refractivity contribution in [3.63, 3.8) is 0 Å². The summed E-state index contributed by atoms with van der Waals surface area (Å²) in [5.74, 6) is 3.33. The van der Waals surface area contributed by atoms with Gasteiger partial charge in [-0.2, -0.15) is 11.8 Å². The number of rotatable bonds is 8. The molecular weight excluding hydrogens is 236 g/mol. The minimum absolute atomic E-state index is 0.0896. The standard InChI is InChI=1S/C12H24N2O2S/c1-10(12(15)13-5-3-6-16-2)14-8-11-4-7-17-9-11/h10-11,14H,3-9H2,1-2H3,(H,13,15). The number of methoxy groups -OCH3 is 1.